The lowest BCUT2D eigenvalue weighted by molar-refractivity contribution is 0.815. The summed E-state index contributed by atoms with van der Waals surface area (Å²) in [5.74, 6) is 1.03. The number of hydrogen-bond acceptors (Lipinski definition) is 2. The number of benzene rings is 2. The van der Waals surface area contributed by atoms with E-state index in [0.29, 0.717) is 0 Å². The van der Waals surface area contributed by atoms with Crippen LogP contribution in [0.15, 0.2) is 53.4 Å². The van der Waals surface area contributed by atoms with Gasteiger partial charge in [0.25, 0.3) is 0 Å². The molecule has 0 aliphatic carbocycles. The minimum absolute atomic E-state index is 0.929. The van der Waals surface area contributed by atoms with Gasteiger partial charge >= 0.3 is 0 Å². The maximum absolute atomic E-state index is 3.18. The molecule has 2 heteroatoms. The van der Waals surface area contributed by atoms with Crippen LogP contribution in [0.5, 0.6) is 0 Å². The first kappa shape index (κ1) is 13.2. The fraction of sp³-hybridized carbons (Fsp3) is 0.250. The molecular formula is C16H19NS. The number of aryl methyl sites for hydroxylation is 1. The number of hydrogen-bond donors (Lipinski definition) is 1. The van der Waals surface area contributed by atoms with Gasteiger partial charge in [-0.3, -0.25) is 0 Å². The molecule has 18 heavy (non-hydrogen) atoms. The minimum Gasteiger partial charge on any atom is -0.316 e. The van der Waals surface area contributed by atoms with E-state index in [-0.39, 0.29) is 0 Å². The van der Waals surface area contributed by atoms with E-state index in [2.05, 4.69) is 60.8 Å². The summed E-state index contributed by atoms with van der Waals surface area (Å²) in [5, 5.41) is 3.18. The van der Waals surface area contributed by atoms with Crippen molar-refractivity contribution in [1.82, 2.24) is 5.32 Å². The van der Waals surface area contributed by atoms with Crippen LogP contribution in [-0.2, 0) is 12.3 Å². The van der Waals surface area contributed by atoms with Gasteiger partial charge in [0.2, 0.25) is 0 Å². The van der Waals surface area contributed by atoms with Gasteiger partial charge in [-0.05, 0) is 37.2 Å². The normalized spacial score (nSPS) is 10.6. The van der Waals surface area contributed by atoms with E-state index in [4.69, 9.17) is 0 Å². The van der Waals surface area contributed by atoms with Crippen LogP contribution in [0.2, 0.25) is 0 Å². The standard InChI is InChI=1S/C16H19NS/c1-13-6-8-14(9-7-13)12-18-16-5-3-4-15(10-16)11-17-2/h3-10,17H,11-12H2,1-2H3. The molecule has 0 radical (unpaired) electrons. The van der Waals surface area contributed by atoms with Crippen LogP contribution >= 0.6 is 11.8 Å². The van der Waals surface area contributed by atoms with Crippen LogP contribution in [0, 0.1) is 6.92 Å². The highest BCUT2D eigenvalue weighted by Crippen LogP contribution is 2.23. The molecule has 0 atom stereocenters. The second-order valence-electron chi connectivity index (χ2n) is 4.45. The number of rotatable bonds is 5. The van der Waals surface area contributed by atoms with Crippen molar-refractivity contribution in [3.05, 3.63) is 65.2 Å². The van der Waals surface area contributed by atoms with Gasteiger partial charge in [-0.2, -0.15) is 0 Å². The van der Waals surface area contributed by atoms with Crippen LogP contribution in [0.4, 0.5) is 0 Å². The SMILES string of the molecule is CNCc1cccc(SCc2ccc(C)cc2)c1. The second kappa shape index (κ2) is 6.62. The Bertz CT molecular complexity index is 491. The van der Waals surface area contributed by atoms with Gasteiger partial charge in [-0.25, -0.2) is 0 Å². The van der Waals surface area contributed by atoms with Gasteiger partial charge < -0.3 is 5.32 Å². The van der Waals surface area contributed by atoms with Crippen molar-refractivity contribution < 1.29 is 0 Å². The van der Waals surface area contributed by atoms with E-state index in [9.17, 15) is 0 Å². The van der Waals surface area contributed by atoms with Crippen molar-refractivity contribution in [1.29, 1.82) is 0 Å². The third kappa shape index (κ3) is 3.90. The van der Waals surface area contributed by atoms with E-state index < -0.39 is 0 Å². The fourth-order valence-electron chi connectivity index (χ4n) is 1.80. The summed E-state index contributed by atoms with van der Waals surface area (Å²) >= 11 is 1.89. The van der Waals surface area contributed by atoms with Crippen molar-refractivity contribution >= 4 is 11.8 Å². The number of thioether (sulfide) groups is 1. The largest absolute Gasteiger partial charge is 0.316 e. The lowest BCUT2D eigenvalue weighted by Gasteiger charge is -2.05. The van der Waals surface area contributed by atoms with Crippen molar-refractivity contribution in [3.63, 3.8) is 0 Å². The first-order chi connectivity index (χ1) is 8.78. The summed E-state index contributed by atoms with van der Waals surface area (Å²) in [7, 11) is 1.98. The van der Waals surface area contributed by atoms with Gasteiger partial charge in [0.1, 0.15) is 0 Å². The van der Waals surface area contributed by atoms with E-state index in [1.165, 1.54) is 21.6 Å². The molecule has 2 aromatic rings. The van der Waals surface area contributed by atoms with Gasteiger partial charge in [0, 0.05) is 17.2 Å². The van der Waals surface area contributed by atoms with Crippen LogP contribution in [0.1, 0.15) is 16.7 Å². The van der Waals surface area contributed by atoms with Gasteiger partial charge in [-0.1, -0.05) is 42.0 Å². The molecule has 0 aliphatic heterocycles. The summed E-state index contributed by atoms with van der Waals surface area (Å²) in [4.78, 5) is 1.34. The van der Waals surface area contributed by atoms with Gasteiger partial charge in [0.05, 0.1) is 0 Å². The third-order valence-electron chi connectivity index (χ3n) is 2.81. The van der Waals surface area contributed by atoms with Crippen LogP contribution < -0.4 is 5.32 Å². The van der Waals surface area contributed by atoms with Crippen LogP contribution in [0.25, 0.3) is 0 Å². The minimum atomic E-state index is 0.929. The molecule has 0 saturated carbocycles. The molecule has 0 amide bonds. The molecule has 0 spiro atoms. The molecule has 2 rings (SSSR count). The quantitative estimate of drug-likeness (QED) is 0.812. The Hall–Kier alpha value is -1.25. The van der Waals surface area contributed by atoms with E-state index in [1.807, 2.05) is 18.8 Å². The molecule has 0 fully saturated rings. The van der Waals surface area contributed by atoms with E-state index in [0.717, 1.165) is 12.3 Å². The van der Waals surface area contributed by atoms with E-state index in [1.54, 1.807) is 0 Å². The first-order valence-electron chi connectivity index (χ1n) is 6.20. The zero-order valence-corrected chi connectivity index (χ0v) is 11.8. The summed E-state index contributed by atoms with van der Waals surface area (Å²) in [5.41, 5.74) is 4.04. The van der Waals surface area contributed by atoms with Crippen molar-refractivity contribution in [2.24, 2.45) is 0 Å². The molecule has 2 aromatic carbocycles. The Morgan fingerprint density at radius 3 is 2.50 bits per heavy atom. The summed E-state index contributed by atoms with van der Waals surface area (Å²) < 4.78 is 0. The summed E-state index contributed by atoms with van der Waals surface area (Å²) in [6.07, 6.45) is 0. The van der Waals surface area contributed by atoms with Crippen molar-refractivity contribution in [2.75, 3.05) is 7.05 Å². The molecule has 1 N–H and O–H groups in total. The van der Waals surface area contributed by atoms with Crippen LogP contribution in [0.3, 0.4) is 0 Å². The smallest absolute Gasteiger partial charge is 0.0231 e. The second-order valence-corrected chi connectivity index (χ2v) is 5.50. The predicted molar refractivity (Wildman–Crippen MR) is 79.9 cm³/mol. The van der Waals surface area contributed by atoms with E-state index >= 15 is 0 Å². The maximum atomic E-state index is 3.18. The zero-order valence-electron chi connectivity index (χ0n) is 10.9. The van der Waals surface area contributed by atoms with Crippen molar-refractivity contribution in [2.45, 2.75) is 24.1 Å². The molecule has 0 heterocycles. The predicted octanol–water partition coefficient (Wildman–Crippen LogP) is 4.01. The summed E-state index contributed by atoms with van der Waals surface area (Å²) in [6, 6.07) is 17.5. The average Bonchev–Trinajstić information content (AvgIpc) is 2.39. The maximum Gasteiger partial charge on any atom is 0.0231 e. The molecule has 1 nitrogen and oxygen atoms in total. The highest BCUT2D eigenvalue weighted by Gasteiger charge is 1.98. The fourth-order valence-corrected chi connectivity index (χ4v) is 2.74. The Balaban J connectivity index is 1.97. The highest BCUT2D eigenvalue weighted by molar-refractivity contribution is 7.98. The van der Waals surface area contributed by atoms with Crippen LogP contribution in [-0.4, -0.2) is 7.05 Å². The lowest BCUT2D eigenvalue weighted by atomic mass is 10.2. The number of nitrogens with one attached hydrogen (secondary N) is 1. The average molecular weight is 257 g/mol. The molecular weight excluding hydrogens is 238 g/mol. The summed E-state index contributed by atoms with van der Waals surface area (Å²) in [6.45, 7) is 3.05. The lowest BCUT2D eigenvalue weighted by Crippen LogP contribution is -2.04. The molecule has 0 aromatic heterocycles. The molecule has 94 valence electrons. The molecule has 0 unspecified atom stereocenters. The molecule has 0 bridgehead atoms. The first-order valence-corrected chi connectivity index (χ1v) is 7.18. The zero-order chi connectivity index (χ0) is 12.8. The van der Waals surface area contributed by atoms with Crippen molar-refractivity contribution in [3.8, 4) is 0 Å². The monoisotopic (exact) mass is 257 g/mol. The van der Waals surface area contributed by atoms with Gasteiger partial charge in [-0.15, -0.1) is 11.8 Å². The topological polar surface area (TPSA) is 12.0 Å². The molecule has 0 aliphatic rings. The Morgan fingerprint density at radius 1 is 1.00 bits per heavy atom. The Kier molecular flexibility index (Phi) is 4.85. The Labute approximate surface area is 114 Å². The highest BCUT2D eigenvalue weighted by atomic mass is 32.2. The molecule has 0 saturated heterocycles. The third-order valence-corrected chi connectivity index (χ3v) is 3.87. The van der Waals surface area contributed by atoms with Gasteiger partial charge in [0.15, 0.2) is 0 Å². The Morgan fingerprint density at radius 2 is 1.78 bits per heavy atom.